The number of amides is 3. The Morgan fingerprint density at radius 1 is 1.12 bits per heavy atom. The molecule has 33 heavy (non-hydrogen) atoms. The molecule has 4 N–H and O–H groups in total. The summed E-state index contributed by atoms with van der Waals surface area (Å²) in [6, 6.07) is 11.9. The maximum absolute atomic E-state index is 12.5. The number of nitrogens with one attached hydrogen (secondary N) is 2. The lowest BCUT2D eigenvalue weighted by molar-refractivity contribution is -0.149. The van der Waals surface area contributed by atoms with Gasteiger partial charge in [0.2, 0.25) is 5.91 Å². The number of hydrogen-bond acceptors (Lipinski definition) is 6. The van der Waals surface area contributed by atoms with Crippen LogP contribution in [0.2, 0.25) is 0 Å². The number of nitrogens with two attached hydrogens (primary N) is 1. The van der Waals surface area contributed by atoms with Crippen LogP contribution in [0.15, 0.2) is 48.8 Å². The molecule has 174 valence electrons. The fourth-order valence-electron chi connectivity index (χ4n) is 3.60. The topological polar surface area (TPSA) is 132 Å². The second-order valence-corrected chi connectivity index (χ2v) is 8.60. The van der Waals surface area contributed by atoms with Crippen LogP contribution in [0.25, 0.3) is 0 Å². The Kier molecular flexibility index (Phi) is 7.42. The SMILES string of the molecule is CC1CN(C(=O)C(=O)Nc2cncc(C=N)c2N)CCN1C(=O)C1(C)CC1.c1ccccc1. The van der Waals surface area contributed by atoms with Crippen LogP contribution in [-0.2, 0) is 14.4 Å². The summed E-state index contributed by atoms with van der Waals surface area (Å²) in [6.45, 7) is 4.89. The Labute approximate surface area is 193 Å². The van der Waals surface area contributed by atoms with Crippen LogP contribution in [0.4, 0.5) is 11.4 Å². The van der Waals surface area contributed by atoms with Crippen molar-refractivity contribution in [1.29, 1.82) is 5.41 Å². The normalized spacial score (nSPS) is 18.4. The molecular weight excluding hydrogens is 420 g/mol. The standard InChI is InChI=1S/C18H24N6O3.C6H6/c1-11-10-23(5-6-24(11)17(27)18(2)3-4-18)16(26)15(25)22-13-9-21-8-12(7-19)14(13)20;1-2-4-6-5-3-1/h7-9,11,19H,3-6,10H2,1-2H3,(H2,20,21)(H,22,25);1-6H. The van der Waals surface area contributed by atoms with E-state index in [1.807, 2.05) is 55.1 Å². The van der Waals surface area contributed by atoms with E-state index in [1.165, 1.54) is 17.3 Å². The quantitative estimate of drug-likeness (QED) is 0.487. The van der Waals surface area contributed by atoms with Crippen LogP contribution in [0.5, 0.6) is 0 Å². The Morgan fingerprint density at radius 3 is 2.24 bits per heavy atom. The van der Waals surface area contributed by atoms with Gasteiger partial charge >= 0.3 is 11.8 Å². The zero-order valence-corrected chi connectivity index (χ0v) is 19.0. The monoisotopic (exact) mass is 450 g/mol. The van der Waals surface area contributed by atoms with Gasteiger partial charge in [-0.1, -0.05) is 43.3 Å². The Bertz CT molecular complexity index is 995. The number of carbonyl (C=O) groups is 3. The van der Waals surface area contributed by atoms with E-state index in [2.05, 4.69) is 10.3 Å². The van der Waals surface area contributed by atoms with Crippen LogP contribution in [-0.4, -0.2) is 64.4 Å². The highest BCUT2D eigenvalue weighted by atomic mass is 16.2. The minimum absolute atomic E-state index is 0.133. The second-order valence-electron chi connectivity index (χ2n) is 8.60. The third-order valence-corrected chi connectivity index (χ3v) is 5.97. The predicted molar refractivity (Wildman–Crippen MR) is 127 cm³/mol. The third kappa shape index (κ3) is 5.74. The van der Waals surface area contributed by atoms with Crippen LogP contribution < -0.4 is 11.1 Å². The number of carbonyl (C=O) groups excluding carboxylic acids is 3. The van der Waals surface area contributed by atoms with Gasteiger partial charge in [-0.05, 0) is 19.8 Å². The number of piperazine rings is 1. The number of rotatable bonds is 3. The summed E-state index contributed by atoms with van der Waals surface area (Å²) in [5, 5.41) is 9.73. The number of nitrogens with zero attached hydrogens (tertiary/aromatic N) is 3. The van der Waals surface area contributed by atoms with E-state index in [4.69, 9.17) is 11.1 Å². The van der Waals surface area contributed by atoms with Gasteiger partial charge in [-0.3, -0.25) is 19.4 Å². The molecule has 1 aliphatic heterocycles. The first kappa shape index (κ1) is 23.9. The summed E-state index contributed by atoms with van der Waals surface area (Å²) in [4.78, 5) is 44.5. The molecule has 9 heteroatoms. The Hall–Kier alpha value is -3.75. The Morgan fingerprint density at radius 2 is 1.73 bits per heavy atom. The zero-order valence-electron chi connectivity index (χ0n) is 19.0. The highest BCUT2D eigenvalue weighted by Crippen LogP contribution is 2.47. The summed E-state index contributed by atoms with van der Waals surface area (Å²) in [7, 11) is 0. The van der Waals surface area contributed by atoms with Crippen molar-refractivity contribution in [3.63, 3.8) is 0 Å². The molecule has 2 heterocycles. The van der Waals surface area contributed by atoms with Crippen molar-refractivity contribution in [3.05, 3.63) is 54.4 Å². The number of pyridine rings is 1. The molecule has 1 aliphatic carbocycles. The lowest BCUT2D eigenvalue weighted by Gasteiger charge is -2.40. The molecule has 0 spiro atoms. The average molecular weight is 451 g/mol. The van der Waals surface area contributed by atoms with Crippen LogP contribution in [0, 0.1) is 10.8 Å². The van der Waals surface area contributed by atoms with Gasteiger partial charge in [0.15, 0.2) is 0 Å². The summed E-state index contributed by atoms with van der Waals surface area (Å²) in [6.07, 6.45) is 5.58. The van der Waals surface area contributed by atoms with E-state index in [9.17, 15) is 14.4 Å². The first-order valence-electron chi connectivity index (χ1n) is 10.9. The van der Waals surface area contributed by atoms with E-state index in [0.717, 1.165) is 19.1 Å². The summed E-state index contributed by atoms with van der Waals surface area (Å²) < 4.78 is 0. The molecule has 3 amide bonds. The zero-order chi connectivity index (χ0) is 24.0. The minimum Gasteiger partial charge on any atom is -0.396 e. The highest BCUT2D eigenvalue weighted by Gasteiger charge is 2.48. The molecule has 2 aliphatic rings. The molecule has 0 radical (unpaired) electrons. The van der Waals surface area contributed by atoms with Gasteiger partial charge in [-0.2, -0.15) is 0 Å². The second kappa shape index (κ2) is 10.2. The van der Waals surface area contributed by atoms with E-state index < -0.39 is 11.8 Å². The highest BCUT2D eigenvalue weighted by molar-refractivity contribution is 6.39. The number of benzene rings is 1. The smallest absolute Gasteiger partial charge is 0.314 e. The molecule has 4 rings (SSSR count). The molecule has 1 saturated carbocycles. The Balaban J connectivity index is 0.000000442. The minimum atomic E-state index is -0.813. The summed E-state index contributed by atoms with van der Waals surface area (Å²) >= 11 is 0. The van der Waals surface area contributed by atoms with E-state index in [1.54, 1.807) is 0 Å². The van der Waals surface area contributed by atoms with Crippen LogP contribution >= 0.6 is 0 Å². The predicted octanol–water partition coefficient (Wildman–Crippen LogP) is 2.15. The molecular formula is C24H30N6O3. The summed E-state index contributed by atoms with van der Waals surface area (Å²) in [5.41, 5.74) is 6.35. The maximum atomic E-state index is 12.5. The molecule has 2 aromatic rings. The lowest BCUT2D eigenvalue weighted by Crippen LogP contribution is -2.58. The van der Waals surface area contributed by atoms with Crippen LogP contribution in [0.3, 0.4) is 0 Å². The van der Waals surface area contributed by atoms with Crippen molar-refractivity contribution >= 4 is 35.3 Å². The molecule has 0 bridgehead atoms. The molecule has 1 saturated heterocycles. The van der Waals surface area contributed by atoms with E-state index in [-0.39, 0.29) is 28.7 Å². The molecule has 2 fully saturated rings. The first-order chi connectivity index (χ1) is 15.8. The van der Waals surface area contributed by atoms with Gasteiger partial charge in [0.25, 0.3) is 0 Å². The van der Waals surface area contributed by atoms with Gasteiger partial charge in [0.05, 0.1) is 17.6 Å². The number of nitrogen functional groups attached to an aromatic ring is 1. The number of aromatic nitrogens is 1. The molecule has 1 unspecified atom stereocenters. The number of anilines is 2. The van der Waals surface area contributed by atoms with Gasteiger partial charge in [0, 0.05) is 49.1 Å². The third-order valence-electron chi connectivity index (χ3n) is 5.97. The molecule has 9 nitrogen and oxygen atoms in total. The van der Waals surface area contributed by atoms with Crippen molar-refractivity contribution in [2.75, 3.05) is 30.7 Å². The van der Waals surface area contributed by atoms with Crippen molar-refractivity contribution in [2.24, 2.45) is 5.41 Å². The molecule has 1 atom stereocenters. The van der Waals surface area contributed by atoms with Gasteiger partial charge < -0.3 is 26.3 Å². The first-order valence-corrected chi connectivity index (χ1v) is 10.9. The van der Waals surface area contributed by atoms with Gasteiger partial charge in [0.1, 0.15) is 0 Å². The fourth-order valence-corrected chi connectivity index (χ4v) is 3.60. The van der Waals surface area contributed by atoms with Gasteiger partial charge in [-0.25, -0.2) is 0 Å². The number of hydrogen-bond donors (Lipinski definition) is 3. The fraction of sp³-hybridized carbons (Fsp3) is 0.375. The lowest BCUT2D eigenvalue weighted by atomic mass is 10.1. The van der Waals surface area contributed by atoms with Crippen molar-refractivity contribution in [2.45, 2.75) is 32.7 Å². The van der Waals surface area contributed by atoms with Crippen LogP contribution in [0.1, 0.15) is 32.3 Å². The molecule has 1 aromatic carbocycles. The van der Waals surface area contributed by atoms with E-state index >= 15 is 0 Å². The van der Waals surface area contributed by atoms with Crippen molar-refractivity contribution in [3.8, 4) is 0 Å². The molecule has 1 aromatic heterocycles. The largest absolute Gasteiger partial charge is 0.396 e. The van der Waals surface area contributed by atoms with Crippen molar-refractivity contribution in [1.82, 2.24) is 14.8 Å². The van der Waals surface area contributed by atoms with Gasteiger partial charge in [-0.15, -0.1) is 0 Å². The average Bonchev–Trinajstić information content (AvgIpc) is 3.59. The summed E-state index contributed by atoms with van der Waals surface area (Å²) in [5.74, 6) is -1.35. The maximum Gasteiger partial charge on any atom is 0.314 e. The van der Waals surface area contributed by atoms with Crippen molar-refractivity contribution < 1.29 is 14.4 Å². The van der Waals surface area contributed by atoms with E-state index in [0.29, 0.717) is 25.2 Å².